The zero-order valence-corrected chi connectivity index (χ0v) is 11.9. The van der Waals surface area contributed by atoms with Crippen molar-refractivity contribution in [2.45, 2.75) is 13.8 Å². The molecule has 0 aliphatic carbocycles. The fourth-order valence-electron chi connectivity index (χ4n) is 2.01. The molecule has 5 nitrogen and oxygen atoms in total. The molecule has 3 aromatic rings. The highest BCUT2D eigenvalue weighted by atomic mass is 32.1. The summed E-state index contributed by atoms with van der Waals surface area (Å²) in [5, 5.41) is 10.6. The highest BCUT2D eigenvalue weighted by Gasteiger charge is 2.17. The van der Waals surface area contributed by atoms with E-state index in [-0.39, 0.29) is 0 Å². The largest absolute Gasteiger partial charge is 0.296 e. The van der Waals surface area contributed by atoms with Gasteiger partial charge in [-0.2, -0.15) is 4.68 Å². The van der Waals surface area contributed by atoms with Gasteiger partial charge in [0.2, 0.25) is 5.13 Å². The molecule has 0 atom stereocenters. The van der Waals surface area contributed by atoms with Crippen LogP contribution < -0.4 is 0 Å². The smallest absolute Gasteiger partial charge is 0.212 e. The van der Waals surface area contributed by atoms with Gasteiger partial charge in [-0.05, 0) is 19.9 Å². The summed E-state index contributed by atoms with van der Waals surface area (Å²) in [6, 6.07) is 7.90. The molecule has 0 unspecified atom stereocenters. The van der Waals surface area contributed by atoms with Gasteiger partial charge in [-0.3, -0.25) is 4.79 Å². The topological polar surface area (TPSA) is 60.7 Å². The maximum absolute atomic E-state index is 11.2. The Labute approximate surface area is 119 Å². The van der Waals surface area contributed by atoms with Crippen LogP contribution >= 0.6 is 11.3 Å². The van der Waals surface area contributed by atoms with Crippen LogP contribution in [0.15, 0.2) is 29.6 Å². The van der Waals surface area contributed by atoms with Crippen molar-refractivity contribution in [2.75, 3.05) is 0 Å². The van der Waals surface area contributed by atoms with Crippen LogP contribution in [0.5, 0.6) is 0 Å². The third-order valence-corrected chi connectivity index (χ3v) is 3.82. The first kappa shape index (κ1) is 12.7. The average molecular weight is 284 g/mol. The number of aldehydes is 1. The first-order valence-corrected chi connectivity index (χ1v) is 6.97. The number of carbonyl (C=O) groups excluding carboxylic acids is 1. The summed E-state index contributed by atoms with van der Waals surface area (Å²) in [6.07, 6.45) is 0.724. The Kier molecular flexibility index (Phi) is 3.15. The minimum absolute atomic E-state index is 0.323. The SMILES string of the molecule is Cc1cccc(-c2c(C=O)nnn2-c2nc(C)cs2)c1. The fraction of sp³-hybridized carbons (Fsp3) is 0.143. The van der Waals surface area contributed by atoms with Crippen LogP contribution in [0.2, 0.25) is 0 Å². The predicted octanol–water partition coefficient (Wildman–Crippen LogP) is 2.82. The van der Waals surface area contributed by atoms with Crippen molar-refractivity contribution in [1.82, 2.24) is 20.0 Å². The maximum atomic E-state index is 11.2. The Bertz CT molecular complexity index is 775. The molecule has 100 valence electrons. The van der Waals surface area contributed by atoms with E-state index in [9.17, 15) is 4.79 Å². The number of thiazole rings is 1. The highest BCUT2D eigenvalue weighted by molar-refractivity contribution is 7.12. The molecule has 0 radical (unpaired) electrons. The van der Waals surface area contributed by atoms with Crippen molar-refractivity contribution in [3.8, 4) is 16.4 Å². The molecule has 0 N–H and O–H groups in total. The Morgan fingerprint density at radius 1 is 1.30 bits per heavy atom. The Morgan fingerprint density at radius 3 is 2.80 bits per heavy atom. The number of hydrogen-bond acceptors (Lipinski definition) is 5. The minimum Gasteiger partial charge on any atom is -0.296 e. The van der Waals surface area contributed by atoms with E-state index in [1.165, 1.54) is 11.3 Å². The summed E-state index contributed by atoms with van der Waals surface area (Å²) in [4.78, 5) is 15.6. The number of aromatic nitrogens is 4. The molecular weight excluding hydrogens is 272 g/mol. The van der Waals surface area contributed by atoms with Gasteiger partial charge in [0.05, 0.1) is 5.69 Å². The van der Waals surface area contributed by atoms with Gasteiger partial charge in [0.1, 0.15) is 5.69 Å². The van der Waals surface area contributed by atoms with Crippen LogP contribution in [0.3, 0.4) is 0 Å². The molecule has 2 heterocycles. The molecule has 20 heavy (non-hydrogen) atoms. The van der Waals surface area contributed by atoms with Gasteiger partial charge in [-0.25, -0.2) is 4.98 Å². The number of hydrogen-bond donors (Lipinski definition) is 0. The number of carbonyl (C=O) groups is 1. The summed E-state index contributed by atoms with van der Waals surface area (Å²) >= 11 is 1.47. The molecule has 6 heteroatoms. The summed E-state index contributed by atoms with van der Waals surface area (Å²) in [5.41, 5.74) is 3.94. The van der Waals surface area contributed by atoms with E-state index in [1.807, 2.05) is 43.5 Å². The van der Waals surface area contributed by atoms with E-state index in [1.54, 1.807) is 4.68 Å². The van der Waals surface area contributed by atoms with Gasteiger partial charge in [-0.1, -0.05) is 29.0 Å². The van der Waals surface area contributed by atoms with Crippen molar-refractivity contribution in [1.29, 1.82) is 0 Å². The highest BCUT2D eigenvalue weighted by Crippen LogP contribution is 2.26. The van der Waals surface area contributed by atoms with Crippen LogP contribution in [-0.4, -0.2) is 26.3 Å². The molecule has 0 spiro atoms. The lowest BCUT2D eigenvalue weighted by atomic mass is 10.1. The second-order valence-corrected chi connectivity index (χ2v) is 5.33. The van der Waals surface area contributed by atoms with Crippen molar-refractivity contribution in [2.24, 2.45) is 0 Å². The molecule has 1 aromatic carbocycles. The molecule has 3 rings (SSSR count). The van der Waals surface area contributed by atoms with Crippen LogP contribution in [0.4, 0.5) is 0 Å². The lowest BCUT2D eigenvalue weighted by Crippen LogP contribution is -2.00. The van der Waals surface area contributed by atoms with Gasteiger partial charge in [0.25, 0.3) is 0 Å². The number of rotatable bonds is 3. The molecule has 0 saturated heterocycles. The van der Waals surface area contributed by atoms with Gasteiger partial charge in [0.15, 0.2) is 12.0 Å². The number of aryl methyl sites for hydroxylation is 2. The van der Waals surface area contributed by atoms with E-state index in [4.69, 9.17) is 0 Å². The summed E-state index contributed by atoms with van der Waals surface area (Å²) < 4.78 is 1.62. The van der Waals surface area contributed by atoms with E-state index in [0.29, 0.717) is 16.5 Å². The van der Waals surface area contributed by atoms with Crippen molar-refractivity contribution >= 4 is 17.6 Å². The Balaban J connectivity index is 2.23. The van der Waals surface area contributed by atoms with Crippen LogP contribution in [0.1, 0.15) is 21.7 Å². The second-order valence-electron chi connectivity index (χ2n) is 4.49. The molecule has 0 saturated carbocycles. The monoisotopic (exact) mass is 284 g/mol. The normalized spacial score (nSPS) is 10.7. The van der Waals surface area contributed by atoms with Crippen LogP contribution in [0.25, 0.3) is 16.4 Å². The summed E-state index contributed by atoms with van der Waals surface area (Å²) in [7, 11) is 0. The first-order chi connectivity index (χ1) is 9.69. The van der Waals surface area contributed by atoms with E-state index < -0.39 is 0 Å². The van der Waals surface area contributed by atoms with E-state index in [2.05, 4.69) is 15.3 Å². The summed E-state index contributed by atoms with van der Waals surface area (Å²) in [5.74, 6) is 0. The molecule has 0 amide bonds. The molecule has 0 bridgehead atoms. The fourth-order valence-corrected chi connectivity index (χ4v) is 2.76. The maximum Gasteiger partial charge on any atom is 0.212 e. The minimum atomic E-state index is 0.323. The molecule has 0 aliphatic rings. The van der Waals surface area contributed by atoms with E-state index >= 15 is 0 Å². The third kappa shape index (κ3) is 2.14. The van der Waals surface area contributed by atoms with Gasteiger partial charge >= 0.3 is 0 Å². The lowest BCUT2D eigenvalue weighted by molar-refractivity contribution is 0.111. The lowest BCUT2D eigenvalue weighted by Gasteiger charge is -2.04. The Hall–Kier alpha value is -2.34. The number of benzene rings is 1. The van der Waals surface area contributed by atoms with Gasteiger partial charge in [0, 0.05) is 10.9 Å². The van der Waals surface area contributed by atoms with Crippen molar-refractivity contribution < 1.29 is 4.79 Å². The third-order valence-electron chi connectivity index (χ3n) is 2.89. The predicted molar refractivity (Wildman–Crippen MR) is 77.3 cm³/mol. The van der Waals surface area contributed by atoms with Gasteiger partial charge in [-0.15, -0.1) is 16.4 Å². The molecule has 0 aliphatic heterocycles. The number of nitrogens with zero attached hydrogens (tertiary/aromatic N) is 4. The zero-order chi connectivity index (χ0) is 14.1. The molecule has 2 aromatic heterocycles. The quantitative estimate of drug-likeness (QED) is 0.694. The van der Waals surface area contributed by atoms with E-state index in [0.717, 1.165) is 23.1 Å². The van der Waals surface area contributed by atoms with Crippen LogP contribution in [-0.2, 0) is 0 Å². The standard InChI is InChI=1S/C14H12N4OS/c1-9-4-3-5-11(6-9)13-12(7-19)16-17-18(13)14-15-10(2)8-20-14/h3-8H,1-2H3. The van der Waals surface area contributed by atoms with Crippen LogP contribution in [0, 0.1) is 13.8 Å². The molecular formula is C14H12N4OS. The average Bonchev–Trinajstić information content (AvgIpc) is 3.04. The van der Waals surface area contributed by atoms with Crippen molar-refractivity contribution in [3.05, 3.63) is 46.6 Å². The zero-order valence-electron chi connectivity index (χ0n) is 11.1. The summed E-state index contributed by atoms with van der Waals surface area (Å²) in [6.45, 7) is 3.93. The van der Waals surface area contributed by atoms with Gasteiger partial charge < -0.3 is 0 Å². The Morgan fingerprint density at radius 2 is 2.15 bits per heavy atom. The first-order valence-electron chi connectivity index (χ1n) is 6.09. The van der Waals surface area contributed by atoms with Crippen molar-refractivity contribution in [3.63, 3.8) is 0 Å². The second kappa shape index (κ2) is 4.97. The molecule has 0 fully saturated rings.